The summed E-state index contributed by atoms with van der Waals surface area (Å²) in [4.78, 5) is 21.0. The Morgan fingerprint density at radius 3 is 2.75 bits per heavy atom. The SMILES string of the molecule is COC1(C(=O)O)CCC(c2nc(Nc3cc(C)[nH]n3)cc3cccnc23)CC1. The van der Waals surface area contributed by atoms with Gasteiger partial charge in [-0.25, -0.2) is 9.78 Å². The number of aromatic amines is 1. The van der Waals surface area contributed by atoms with Gasteiger partial charge < -0.3 is 15.2 Å². The van der Waals surface area contributed by atoms with Crippen molar-refractivity contribution < 1.29 is 14.6 Å². The van der Waals surface area contributed by atoms with Crippen molar-refractivity contribution in [2.45, 2.75) is 44.1 Å². The lowest BCUT2D eigenvalue weighted by Crippen LogP contribution is -2.43. The smallest absolute Gasteiger partial charge is 0.335 e. The van der Waals surface area contributed by atoms with Crippen LogP contribution >= 0.6 is 0 Å². The van der Waals surface area contributed by atoms with Crippen LogP contribution in [-0.2, 0) is 9.53 Å². The Bertz CT molecular complexity index is 1010. The summed E-state index contributed by atoms with van der Waals surface area (Å²) in [5.41, 5.74) is 1.61. The molecular formula is C20H23N5O3. The zero-order valence-electron chi connectivity index (χ0n) is 15.9. The largest absolute Gasteiger partial charge is 0.479 e. The second-order valence-electron chi connectivity index (χ2n) is 7.31. The van der Waals surface area contributed by atoms with E-state index in [-0.39, 0.29) is 5.92 Å². The molecule has 3 aromatic rings. The van der Waals surface area contributed by atoms with Gasteiger partial charge in [0, 0.05) is 36.4 Å². The van der Waals surface area contributed by atoms with Crippen molar-refractivity contribution in [3.8, 4) is 0 Å². The van der Waals surface area contributed by atoms with Crippen LogP contribution in [0.25, 0.3) is 10.9 Å². The molecule has 4 rings (SSSR count). The highest BCUT2D eigenvalue weighted by molar-refractivity contribution is 5.84. The molecule has 0 aromatic carbocycles. The van der Waals surface area contributed by atoms with E-state index in [9.17, 15) is 9.90 Å². The minimum atomic E-state index is -1.10. The Balaban J connectivity index is 1.67. The maximum Gasteiger partial charge on any atom is 0.335 e. The minimum Gasteiger partial charge on any atom is -0.479 e. The van der Waals surface area contributed by atoms with Gasteiger partial charge in [0.15, 0.2) is 11.4 Å². The topological polar surface area (TPSA) is 113 Å². The zero-order chi connectivity index (χ0) is 19.7. The first-order chi connectivity index (χ1) is 13.5. The van der Waals surface area contributed by atoms with E-state index in [1.54, 1.807) is 6.20 Å². The number of methoxy groups -OCH3 is 1. The van der Waals surface area contributed by atoms with Crippen molar-refractivity contribution >= 4 is 28.5 Å². The fourth-order valence-electron chi connectivity index (χ4n) is 3.94. The number of aliphatic carboxylic acids is 1. The van der Waals surface area contributed by atoms with Gasteiger partial charge in [-0.3, -0.25) is 10.1 Å². The van der Waals surface area contributed by atoms with Crippen molar-refractivity contribution in [2.75, 3.05) is 12.4 Å². The second-order valence-corrected chi connectivity index (χ2v) is 7.31. The molecule has 0 atom stereocenters. The van der Waals surface area contributed by atoms with Gasteiger partial charge in [0.2, 0.25) is 0 Å². The Kier molecular flexibility index (Phi) is 4.72. The van der Waals surface area contributed by atoms with Crippen LogP contribution in [-0.4, -0.2) is 44.0 Å². The quantitative estimate of drug-likeness (QED) is 0.619. The third-order valence-electron chi connectivity index (χ3n) is 5.54. The van der Waals surface area contributed by atoms with Gasteiger partial charge >= 0.3 is 5.97 Å². The number of ether oxygens (including phenoxy) is 1. The monoisotopic (exact) mass is 381 g/mol. The highest BCUT2D eigenvalue weighted by atomic mass is 16.5. The van der Waals surface area contributed by atoms with Crippen LogP contribution in [0.1, 0.15) is 43.0 Å². The van der Waals surface area contributed by atoms with E-state index in [2.05, 4.69) is 20.5 Å². The summed E-state index contributed by atoms with van der Waals surface area (Å²) in [6, 6.07) is 7.77. The molecule has 1 saturated carbocycles. The maximum atomic E-state index is 11.6. The number of hydrogen-bond acceptors (Lipinski definition) is 6. The number of fused-ring (bicyclic) bond motifs is 1. The highest BCUT2D eigenvalue weighted by Gasteiger charge is 2.43. The van der Waals surface area contributed by atoms with E-state index in [1.165, 1.54) is 7.11 Å². The summed E-state index contributed by atoms with van der Waals surface area (Å²) in [5.74, 6) is 0.632. The number of nitrogens with one attached hydrogen (secondary N) is 2. The molecule has 8 nitrogen and oxygen atoms in total. The lowest BCUT2D eigenvalue weighted by atomic mass is 9.77. The molecule has 0 unspecified atom stereocenters. The molecule has 3 heterocycles. The van der Waals surface area contributed by atoms with Crippen LogP contribution in [0.15, 0.2) is 30.5 Å². The first-order valence-electron chi connectivity index (χ1n) is 9.34. The molecule has 1 fully saturated rings. The zero-order valence-corrected chi connectivity index (χ0v) is 15.9. The Hall–Kier alpha value is -3.00. The maximum absolute atomic E-state index is 11.6. The minimum absolute atomic E-state index is 0.127. The number of carbonyl (C=O) groups is 1. The Morgan fingerprint density at radius 2 is 2.11 bits per heavy atom. The molecule has 0 aliphatic heterocycles. The number of carboxylic acids is 1. The molecule has 1 aliphatic carbocycles. The number of aromatic nitrogens is 4. The number of pyridine rings is 2. The van der Waals surface area contributed by atoms with Crippen molar-refractivity contribution in [3.63, 3.8) is 0 Å². The van der Waals surface area contributed by atoms with E-state index in [0.717, 1.165) is 22.3 Å². The van der Waals surface area contributed by atoms with Crippen LogP contribution in [0.4, 0.5) is 11.6 Å². The summed E-state index contributed by atoms with van der Waals surface area (Å²) in [6.45, 7) is 1.94. The van der Waals surface area contributed by atoms with Crippen molar-refractivity contribution in [1.29, 1.82) is 0 Å². The first-order valence-corrected chi connectivity index (χ1v) is 9.34. The van der Waals surface area contributed by atoms with Crippen molar-refractivity contribution in [1.82, 2.24) is 20.2 Å². The first kappa shape index (κ1) is 18.4. The number of aryl methyl sites for hydroxylation is 1. The van der Waals surface area contributed by atoms with Crippen LogP contribution in [0.2, 0.25) is 0 Å². The molecule has 0 spiro atoms. The number of H-pyrrole nitrogens is 1. The van der Waals surface area contributed by atoms with Gasteiger partial charge in [0.05, 0.1) is 11.2 Å². The predicted molar refractivity (Wildman–Crippen MR) is 105 cm³/mol. The normalized spacial score (nSPS) is 22.3. The lowest BCUT2D eigenvalue weighted by Gasteiger charge is -2.35. The molecule has 3 N–H and O–H groups in total. The summed E-state index contributed by atoms with van der Waals surface area (Å²) in [5, 5.41) is 20.9. The molecule has 146 valence electrons. The average Bonchev–Trinajstić information content (AvgIpc) is 3.12. The molecule has 28 heavy (non-hydrogen) atoms. The number of hydrogen-bond donors (Lipinski definition) is 3. The lowest BCUT2D eigenvalue weighted by molar-refractivity contribution is -0.166. The second kappa shape index (κ2) is 7.20. The number of nitrogens with zero attached hydrogens (tertiary/aromatic N) is 3. The Morgan fingerprint density at radius 1 is 1.32 bits per heavy atom. The van der Waals surface area contributed by atoms with Gasteiger partial charge in [0.1, 0.15) is 5.82 Å². The van der Waals surface area contributed by atoms with Gasteiger partial charge in [-0.05, 0) is 44.7 Å². The molecule has 0 amide bonds. The molecule has 0 radical (unpaired) electrons. The summed E-state index contributed by atoms with van der Waals surface area (Å²) < 4.78 is 5.36. The molecular weight excluding hydrogens is 358 g/mol. The van der Waals surface area contributed by atoms with Gasteiger partial charge in [-0.15, -0.1) is 0 Å². The standard InChI is InChI=1S/C20H23N5O3/c1-12-10-16(25-24-12)22-15-11-14-4-3-9-21-17(14)18(23-15)13-5-7-20(28-2,8-6-13)19(26)27/h3-4,9-11,13H,5-8H2,1-2H3,(H,26,27)(H2,22,23,24,25). The molecule has 1 aliphatic rings. The summed E-state index contributed by atoms with van der Waals surface area (Å²) in [7, 11) is 1.47. The van der Waals surface area contributed by atoms with E-state index in [4.69, 9.17) is 9.72 Å². The van der Waals surface area contributed by atoms with Crippen LogP contribution in [0.3, 0.4) is 0 Å². The van der Waals surface area contributed by atoms with E-state index < -0.39 is 11.6 Å². The fourth-order valence-corrected chi connectivity index (χ4v) is 3.94. The van der Waals surface area contributed by atoms with Crippen molar-refractivity contribution in [2.24, 2.45) is 0 Å². The van der Waals surface area contributed by atoms with E-state index in [1.807, 2.05) is 31.2 Å². The average molecular weight is 381 g/mol. The van der Waals surface area contributed by atoms with Crippen molar-refractivity contribution in [3.05, 3.63) is 41.9 Å². The third kappa shape index (κ3) is 3.31. The Labute approximate surface area is 162 Å². The van der Waals surface area contributed by atoms with Gasteiger partial charge in [0.25, 0.3) is 0 Å². The molecule has 3 aromatic heterocycles. The number of rotatable bonds is 5. The van der Waals surface area contributed by atoms with Crippen LogP contribution in [0.5, 0.6) is 0 Å². The highest BCUT2D eigenvalue weighted by Crippen LogP contribution is 2.41. The summed E-state index contributed by atoms with van der Waals surface area (Å²) in [6.07, 6.45) is 4.04. The number of carboxylic acid groups (broad SMARTS) is 1. The summed E-state index contributed by atoms with van der Waals surface area (Å²) >= 11 is 0. The van der Waals surface area contributed by atoms with Crippen LogP contribution < -0.4 is 5.32 Å². The fraction of sp³-hybridized carbons (Fsp3) is 0.400. The molecule has 0 bridgehead atoms. The van der Waals surface area contributed by atoms with Crippen LogP contribution in [0, 0.1) is 6.92 Å². The van der Waals surface area contributed by atoms with Gasteiger partial charge in [-0.2, -0.15) is 5.10 Å². The molecule has 8 heteroatoms. The van der Waals surface area contributed by atoms with E-state index >= 15 is 0 Å². The number of anilines is 2. The van der Waals surface area contributed by atoms with Gasteiger partial charge in [-0.1, -0.05) is 6.07 Å². The third-order valence-corrected chi connectivity index (χ3v) is 5.54. The predicted octanol–water partition coefficient (Wildman–Crippen LogP) is 3.53. The van der Waals surface area contributed by atoms with E-state index in [0.29, 0.717) is 37.3 Å². The molecule has 0 saturated heterocycles.